The molecule has 0 radical (unpaired) electrons. The molecular formula is C27H30N4O4. The second-order valence-corrected chi connectivity index (χ2v) is 8.73. The summed E-state index contributed by atoms with van der Waals surface area (Å²) in [6, 6.07) is 16.1. The van der Waals surface area contributed by atoms with Crippen LogP contribution < -0.4 is 10.1 Å². The molecule has 2 heterocycles. The number of rotatable bonds is 8. The molecule has 182 valence electrons. The van der Waals surface area contributed by atoms with Crippen molar-refractivity contribution in [1.29, 1.82) is 0 Å². The molecule has 0 aliphatic carbocycles. The Morgan fingerprint density at radius 1 is 1.11 bits per heavy atom. The van der Waals surface area contributed by atoms with Crippen molar-refractivity contribution in [2.24, 2.45) is 10.9 Å². The van der Waals surface area contributed by atoms with E-state index in [-0.39, 0.29) is 6.10 Å². The molecule has 8 heteroatoms. The smallest absolute Gasteiger partial charge is 0.341 e. The summed E-state index contributed by atoms with van der Waals surface area (Å²) < 4.78 is 13.0. The van der Waals surface area contributed by atoms with Crippen LogP contribution >= 0.6 is 0 Å². The Morgan fingerprint density at radius 3 is 2.49 bits per heavy atom. The number of para-hydroxylation sites is 1. The van der Waals surface area contributed by atoms with Gasteiger partial charge in [0.2, 0.25) is 0 Å². The van der Waals surface area contributed by atoms with Gasteiger partial charge in [-0.05, 0) is 63.6 Å². The van der Waals surface area contributed by atoms with Crippen LogP contribution in [0.1, 0.15) is 45.7 Å². The standard InChI is InChI=1S/C27H30N4O4/c1-5-15-34-21-13-11-19(12-14-21)24-22(16-31(30-24)20-9-7-6-8-10-20)25-23(26(32)35-17(2)3)18(4)28-27(33)29-25/h6-14,16-17,23,25H,5,15H2,1-4H3,(H,29,33). The molecule has 2 amide bonds. The fraction of sp³-hybridized carbons (Fsp3) is 0.333. The number of nitrogens with zero attached hydrogens (tertiary/aromatic N) is 3. The van der Waals surface area contributed by atoms with E-state index in [9.17, 15) is 9.59 Å². The molecule has 0 bridgehead atoms. The summed E-state index contributed by atoms with van der Waals surface area (Å²) in [6.45, 7) is 7.96. The van der Waals surface area contributed by atoms with Crippen molar-refractivity contribution in [3.05, 3.63) is 66.4 Å². The van der Waals surface area contributed by atoms with Crippen molar-refractivity contribution < 1.29 is 19.1 Å². The highest BCUT2D eigenvalue weighted by Gasteiger charge is 2.40. The molecule has 1 N–H and O–H groups in total. The summed E-state index contributed by atoms with van der Waals surface area (Å²) in [5.41, 5.74) is 3.45. The quantitative estimate of drug-likeness (QED) is 0.457. The zero-order valence-corrected chi connectivity index (χ0v) is 20.4. The number of nitrogens with one attached hydrogen (secondary N) is 1. The molecule has 35 heavy (non-hydrogen) atoms. The van der Waals surface area contributed by atoms with E-state index in [1.54, 1.807) is 25.5 Å². The lowest BCUT2D eigenvalue weighted by Crippen LogP contribution is -2.44. The predicted octanol–water partition coefficient (Wildman–Crippen LogP) is 5.12. The van der Waals surface area contributed by atoms with Crippen molar-refractivity contribution in [2.45, 2.75) is 46.3 Å². The monoisotopic (exact) mass is 474 g/mol. The molecule has 2 atom stereocenters. The third kappa shape index (κ3) is 5.42. The lowest BCUT2D eigenvalue weighted by molar-refractivity contribution is -0.150. The van der Waals surface area contributed by atoms with Crippen molar-refractivity contribution >= 4 is 17.7 Å². The van der Waals surface area contributed by atoms with E-state index in [4.69, 9.17) is 14.6 Å². The van der Waals surface area contributed by atoms with Crippen LogP contribution in [-0.4, -0.2) is 40.2 Å². The van der Waals surface area contributed by atoms with Crippen LogP contribution in [0.3, 0.4) is 0 Å². The number of hydrogen-bond acceptors (Lipinski definition) is 5. The maximum Gasteiger partial charge on any atom is 0.341 e. The van der Waals surface area contributed by atoms with Crippen LogP contribution in [0.25, 0.3) is 16.9 Å². The predicted molar refractivity (Wildman–Crippen MR) is 134 cm³/mol. The van der Waals surface area contributed by atoms with E-state index in [2.05, 4.69) is 17.2 Å². The van der Waals surface area contributed by atoms with Gasteiger partial charge >= 0.3 is 12.0 Å². The molecule has 4 rings (SSSR count). The molecule has 2 unspecified atom stereocenters. The molecule has 0 saturated heterocycles. The molecule has 2 aromatic carbocycles. The third-order valence-electron chi connectivity index (χ3n) is 5.65. The van der Waals surface area contributed by atoms with Crippen molar-refractivity contribution in [2.75, 3.05) is 6.61 Å². The van der Waals surface area contributed by atoms with Gasteiger partial charge in [0.15, 0.2) is 0 Å². The average molecular weight is 475 g/mol. The van der Waals surface area contributed by atoms with E-state index in [0.29, 0.717) is 23.6 Å². The van der Waals surface area contributed by atoms with Gasteiger partial charge in [0.25, 0.3) is 0 Å². The Bertz CT molecular complexity index is 1220. The van der Waals surface area contributed by atoms with Gasteiger partial charge in [-0.1, -0.05) is 25.1 Å². The number of ether oxygens (including phenoxy) is 2. The summed E-state index contributed by atoms with van der Waals surface area (Å²) in [5, 5.41) is 7.73. The highest BCUT2D eigenvalue weighted by atomic mass is 16.5. The number of hydrogen-bond donors (Lipinski definition) is 1. The summed E-state index contributed by atoms with van der Waals surface area (Å²) in [5.74, 6) is -0.436. The first-order valence-corrected chi connectivity index (χ1v) is 11.8. The SMILES string of the molecule is CCCOc1ccc(-c2nn(-c3ccccc3)cc2C2NC(=O)N=C(C)C2C(=O)OC(C)C)cc1. The zero-order valence-electron chi connectivity index (χ0n) is 20.4. The molecule has 1 aromatic heterocycles. The molecular weight excluding hydrogens is 444 g/mol. The van der Waals surface area contributed by atoms with Crippen LogP contribution in [0.15, 0.2) is 65.8 Å². The minimum absolute atomic E-state index is 0.296. The maximum atomic E-state index is 13.1. The second-order valence-electron chi connectivity index (χ2n) is 8.73. The van der Waals surface area contributed by atoms with Crippen LogP contribution in [0.2, 0.25) is 0 Å². The van der Waals surface area contributed by atoms with Gasteiger partial charge in [-0.3, -0.25) is 4.79 Å². The third-order valence-corrected chi connectivity index (χ3v) is 5.65. The first kappa shape index (κ1) is 24.2. The van der Waals surface area contributed by atoms with E-state index in [0.717, 1.165) is 23.4 Å². The second kappa shape index (κ2) is 10.5. The zero-order chi connectivity index (χ0) is 24.9. The van der Waals surface area contributed by atoms with Gasteiger partial charge in [-0.15, -0.1) is 0 Å². The van der Waals surface area contributed by atoms with E-state index in [1.807, 2.05) is 60.8 Å². The molecule has 0 fully saturated rings. The maximum absolute atomic E-state index is 13.1. The molecule has 3 aromatic rings. The van der Waals surface area contributed by atoms with Crippen molar-refractivity contribution in [1.82, 2.24) is 15.1 Å². The van der Waals surface area contributed by atoms with Gasteiger partial charge < -0.3 is 14.8 Å². The van der Waals surface area contributed by atoms with Crippen LogP contribution in [-0.2, 0) is 9.53 Å². The fourth-order valence-corrected chi connectivity index (χ4v) is 4.07. The lowest BCUT2D eigenvalue weighted by atomic mass is 9.87. The van der Waals surface area contributed by atoms with Crippen molar-refractivity contribution in [3.63, 3.8) is 0 Å². The van der Waals surface area contributed by atoms with Crippen LogP contribution in [0, 0.1) is 5.92 Å². The molecule has 1 aliphatic rings. The van der Waals surface area contributed by atoms with Gasteiger partial charge in [0.1, 0.15) is 11.7 Å². The van der Waals surface area contributed by atoms with Gasteiger partial charge in [0, 0.05) is 23.0 Å². The summed E-state index contributed by atoms with van der Waals surface area (Å²) in [4.78, 5) is 29.5. The number of aliphatic imine (C=N–C) groups is 1. The fourth-order valence-electron chi connectivity index (χ4n) is 4.07. The van der Waals surface area contributed by atoms with E-state index < -0.39 is 24.0 Å². The summed E-state index contributed by atoms with van der Waals surface area (Å²) in [6.07, 6.45) is 2.48. The van der Waals surface area contributed by atoms with E-state index >= 15 is 0 Å². The highest BCUT2D eigenvalue weighted by molar-refractivity contribution is 6.08. The first-order chi connectivity index (χ1) is 16.9. The largest absolute Gasteiger partial charge is 0.494 e. The Hall–Kier alpha value is -3.94. The first-order valence-electron chi connectivity index (χ1n) is 11.8. The Morgan fingerprint density at radius 2 is 1.83 bits per heavy atom. The van der Waals surface area contributed by atoms with Crippen LogP contribution in [0.5, 0.6) is 5.75 Å². The Balaban J connectivity index is 1.81. The highest BCUT2D eigenvalue weighted by Crippen LogP contribution is 2.36. The number of amides is 2. The molecule has 1 aliphatic heterocycles. The van der Waals surface area contributed by atoms with E-state index in [1.165, 1.54) is 0 Å². The van der Waals surface area contributed by atoms with Gasteiger partial charge in [-0.2, -0.15) is 5.10 Å². The molecule has 8 nitrogen and oxygen atoms in total. The minimum atomic E-state index is -0.769. The number of urea groups is 1. The van der Waals surface area contributed by atoms with Gasteiger partial charge in [0.05, 0.1) is 30.1 Å². The molecule has 0 saturated carbocycles. The summed E-state index contributed by atoms with van der Waals surface area (Å²) >= 11 is 0. The van der Waals surface area contributed by atoms with Gasteiger partial charge in [-0.25, -0.2) is 14.5 Å². The lowest BCUT2D eigenvalue weighted by Gasteiger charge is -2.30. The number of carbonyl (C=O) groups is 2. The Labute approximate surface area is 205 Å². The average Bonchev–Trinajstić information content (AvgIpc) is 3.28. The number of aromatic nitrogens is 2. The number of benzene rings is 2. The topological polar surface area (TPSA) is 94.8 Å². The minimum Gasteiger partial charge on any atom is -0.494 e. The van der Waals surface area contributed by atoms with Crippen LogP contribution in [0.4, 0.5) is 4.79 Å². The molecule has 0 spiro atoms. The Kier molecular flexibility index (Phi) is 7.29. The summed E-state index contributed by atoms with van der Waals surface area (Å²) in [7, 11) is 0. The number of carbonyl (C=O) groups excluding carboxylic acids is 2. The normalized spacial score (nSPS) is 17.6. The number of esters is 1. The van der Waals surface area contributed by atoms with Crippen molar-refractivity contribution in [3.8, 4) is 22.7 Å².